The van der Waals surface area contributed by atoms with Crippen LogP contribution in [0, 0.1) is 39.9 Å². The summed E-state index contributed by atoms with van der Waals surface area (Å²) in [4.78, 5) is 12.6. The molecule has 0 amide bonds. The molecule has 8 atom stereocenters. The summed E-state index contributed by atoms with van der Waals surface area (Å²) in [5.74, 6) is 1.87. The molecule has 2 N–H and O–H groups in total. The Balaban J connectivity index is 1.48. The number of hydrogen-bond donors (Lipinski definition) is 2. The molecule has 0 radical (unpaired) electrons. The fourth-order valence-corrected chi connectivity index (χ4v) is 8.56. The van der Waals surface area contributed by atoms with E-state index in [2.05, 4.69) is 71.1 Å². The number of ether oxygens (including phenoxy) is 1. The van der Waals surface area contributed by atoms with Crippen molar-refractivity contribution in [3.05, 3.63) is 47.6 Å². The van der Waals surface area contributed by atoms with Crippen molar-refractivity contribution in [2.45, 2.75) is 125 Å². The predicted molar refractivity (Wildman–Crippen MR) is 159 cm³/mol. The average molecular weight is 539 g/mol. The molecule has 0 unspecified atom stereocenters. The minimum absolute atomic E-state index is 0.154. The van der Waals surface area contributed by atoms with Crippen LogP contribution in [0.15, 0.2) is 47.6 Å². The summed E-state index contributed by atoms with van der Waals surface area (Å²) >= 11 is 0. The van der Waals surface area contributed by atoms with Crippen molar-refractivity contribution in [2.24, 2.45) is 39.9 Å². The molecule has 0 saturated heterocycles. The molecule has 0 aliphatic heterocycles. The molecule has 0 aromatic heterocycles. The van der Waals surface area contributed by atoms with Gasteiger partial charge < -0.3 is 14.9 Å². The lowest BCUT2D eigenvalue weighted by Crippen LogP contribution is -2.52. The highest BCUT2D eigenvalue weighted by Gasteiger charge is 2.58. The maximum absolute atomic E-state index is 12.6. The second-order valence-corrected chi connectivity index (χ2v) is 14.6. The van der Waals surface area contributed by atoms with Gasteiger partial charge in [0, 0.05) is 11.8 Å². The van der Waals surface area contributed by atoms with Crippen molar-refractivity contribution >= 4 is 5.97 Å². The third kappa shape index (κ3) is 5.37. The van der Waals surface area contributed by atoms with Crippen LogP contribution in [0.1, 0.15) is 107 Å². The molecule has 0 spiro atoms. The van der Waals surface area contributed by atoms with E-state index < -0.39 is 23.2 Å². The van der Waals surface area contributed by atoms with Crippen LogP contribution in [0.4, 0.5) is 0 Å². The number of aliphatic hydroxyl groups excluding tert-OH is 2. The van der Waals surface area contributed by atoms with Gasteiger partial charge in [-0.25, -0.2) is 0 Å². The lowest BCUT2D eigenvalue weighted by Gasteiger charge is -2.56. The van der Waals surface area contributed by atoms with Crippen molar-refractivity contribution in [1.29, 1.82) is 0 Å². The highest BCUT2D eigenvalue weighted by molar-refractivity contribution is 5.76. The van der Waals surface area contributed by atoms with Gasteiger partial charge in [-0.2, -0.15) is 0 Å². The smallest absolute Gasteiger partial charge is 0.312 e. The molecule has 0 heterocycles. The van der Waals surface area contributed by atoms with Gasteiger partial charge in [-0.05, 0) is 101 Å². The fraction of sp³-hybridized carbons (Fsp3) is 0.743. The Morgan fingerprint density at radius 3 is 2.41 bits per heavy atom. The maximum atomic E-state index is 12.6. The summed E-state index contributed by atoms with van der Waals surface area (Å²) in [6, 6.07) is 0. The third-order valence-electron chi connectivity index (χ3n) is 11.4. The number of rotatable bonds is 7. The molecule has 4 aliphatic rings. The van der Waals surface area contributed by atoms with Crippen molar-refractivity contribution in [3.8, 4) is 0 Å². The molecule has 218 valence electrons. The normalized spacial score (nSPS) is 37.6. The third-order valence-corrected chi connectivity index (χ3v) is 11.4. The Morgan fingerprint density at radius 1 is 1.08 bits per heavy atom. The van der Waals surface area contributed by atoms with Crippen LogP contribution in [0.5, 0.6) is 0 Å². The Kier molecular flexibility index (Phi) is 8.53. The lowest BCUT2D eigenvalue weighted by atomic mass is 9.49. The largest absolute Gasteiger partial charge is 0.454 e. The number of hydrogen-bond acceptors (Lipinski definition) is 4. The molecule has 0 aromatic rings. The Hall–Kier alpha value is -1.65. The number of allylic oxidation sites excluding steroid dienone is 6. The van der Waals surface area contributed by atoms with Crippen molar-refractivity contribution < 1.29 is 19.7 Å². The summed E-state index contributed by atoms with van der Waals surface area (Å²) < 4.78 is 6.00. The first-order valence-corrected chi connectivity index (χ1v) is 15.6. The molecule has 0 aromatic carbocycles. The van der Waals surface area contributed by atoms with Crippen molar-refractivity contribution in [3.63, 3.8) is 0 Å². The van der Waals surface area contributed by atoms with Gasteiger partial charge in [0.2, 0.25) is 0 Å². The van der Waals surface area contributed by atoms with Gasteiger partial charge in [0.25, 0.3) is 0 Å². The summed E-state index contributed by atoms with van der Waals surface area (Å²) in [5, 5.41) is 21.4. The van der Waals surface area contributed by atoms with E-state index >= 15 is 0 Å². The highest BCUT2D eigenvalue weighted by atomic mass is 16.6. The second kappa shape index (κ2) is 11.0. The molecule has 4 rings (SSSR count). The van der Waals surface area contributed by atoms with Crippen LogP contribution in [0.25, 0.3) is 0 Å². The Morgan fingerprint density at radius 2 is 1.77 bits per heavy atom. The molecule has 4 nitrogen and oxygen atoms in total. The molecule has 4 aliphatic carbocycles. The van der Waals surface area contributed by atoms with Crippen molar-refractivity contribution in [2.75, 3.05) is 0 Å². The molecular weight excluding hydrogens is 484 g/mol. The van der Waals surface area contributed by atoms with Crippen LogP contribution in [-0.2, 0) is 9.53 Å². The molecular formula is C35H54O4. The van der Waals surface area contributed by atoms with E-state index in [-0.39, 0.29) is 16.8 Å². The number of esters is 1. The minimum atomic E-state index is -0.559. The van der Waals surface area contributed by atoms with E-state index in [1.54, 1.807) is 5.57 Å². The van der Waals surface area contributed by atoms with E-state index in [1.807, 2.05) is 20.8 Å². The first kappa shape index (κ1) is 30.3. The number of carbonyl (C=O) groups excluding carboxylic acids is 1. The molecule has 0 bridgehead atoms. The zero-order chi connectivity index (χ0) is 28.8. The van der Waals surface area contributed by atoms with Gasteiger partial charge in [-0.15, -0.1) is 0 Å². The minimum Gasteiger partial charge on any atom is -0.454 e. The van der Waals surface area contributed by atoms with Gasteiger partial charge in [-0.1, -0.05) is 76.1 Å². The maximum Gasteiger partial charge on any atom is 0.312 e. The predicted octanol–water partition coefficient (Wildman–Crippen LogP) is 7.71. The van der Waals surface area contributed by atoms with Crippen LogP contribution in [0.2, 0.25) is 0 Å². The molecule has 3 saturated carbocycles. The van der Waals surface area contributed by atoms with Gasteiger partial charge in [0.1, 0.15) is 5.60 Å². The van der Waals surface area contributed by atoms with Gasteiger partial charge in [-0.3, -0.25) is 4.79 Å². The van der Waals surface area contributed by atoms with E-state index in [1.165, 1.54) is 24.8 Å². The summed E-state index contributed by atoms with van der Waals surface area (Å²) in [6.07, 6.45) is 19.8. The van der Waals surface area contributed by atoms with Gasteiger partial charge >= 0.3 is 5.97 Å². The second-order valence-electron chi connectivity index (χ2n) is 14.6. The van der Waals surface area contributed by atoms with Crippen LogP contribution >= 0.6 is 0 Å². The number of fused-ring (bicyclic) bond motifs is 5. The van der Waals surface area contributed by atoms with Crippen molar-refractivity contribution in [1.82, 2.24) is 0 Å². The van der Waals surface area contributed by atoms with Gasteiger partial charge in [0.15, 0.2) is 0 Å². The Labute approximate surface area is 237 Å². The quantitative estimate of drug-likeness (QED) is 0.257. The summed E-state index contributed by atoms with van der Waals surface area (Å²) in [6.45, 7) is 17.0. The zero-order valence-corrected chi connectivity index (χ0v) is 25.8. The van der Waals surface area contributed by atoms with E-state index in [9.17, 15) is 15.0 Å². The monoisotopic (exact) mass is 538 g/mol. The average Bonchev–Trinajstić information content (AvgIpc) is 3.23. The van der Waals surface area contributed by atoms with Crippen LogP contribution < -0.4 is 0 Å². The van der Waals surface area contributed by atoms with Gasteiger partial charge in [0.05, 0.1) is 17.6 Å². The highest BCUT2D eigenvalue weighted by Crippen LogP contribution is 2.66. The topological polar surface area (TPSA) is 66.8 Å². The Bertz CT molecular complexity index is 1040. The number of aliphatic hydroxyl groups is 2. The summed E-state index contributed by atoms with van der Waals surface area (Å²) in [5.41, 5.74) is 1.75. The summed E-state index contributed by atoms with van der Waals surface area (Å²) in [7, 11) is 0. The first-order valence-electron chi connectivity index (χ1n) is 15.6. The molecule has 3 fully saturated rings. The van der Waals surface area contributed by atoms with Crippen LogP contribution in [0.3, 0.4) is 0 Å². The van der Waals surface area contributed by atoms with E-state index in [0.29, 0.717) is 36.5 Å². The molecule has 39 heavy (non-hydrogen) atoms. The lowest BCUT2D eigenvalue weighted by molar-refractivity contribution is -0.165. The standard InChI is InChI=1S/C35H54O4/c1-9-35(10-2,39-31(38)32(4,5)6)19-12-11-13-23(3)27-16-17-28-26-15-14-24-21-25(36)22-30(37)34(24,8)29(26)18-20-33(27,28)7/h11-15,19,23,25,27-30,36-37H,9-10,16-18,20-22H2,1-8H3/b13-11+,19-12+/t23-,25+,27+,28-,29-,30-,33+,34-/m0/s1. The van der Waals surface area contributed by atoms with E-state index in [4.69, 9.17) is 4.74 Å². The zero-order valence-electron chi connectivity index (χ0n) is 25.8. The SMILES string of the molecule is CCC(/C=C/C=C/[C@H](C)[C@H]1CC[C@H]2C3=CC=C4C[C@@H](O)C[C@H](O)[C@]4(C)[C@H]3CC[C@]12C)(CC)OC(=O)C(C)(C)C. The number of carbonyl (C=O) groups is 1. The first-order chi connectivity index (χ1) is 18.2. The van der Waals surface area contributed by atoms with Crippen LogP contribution in [-0.4, -0.2) is 34.0 Å². The fourth-order valence-electron chi connectivity index (χ4n) is 8.56. The van der Waals surface area contributed by atoms with E-state index in [0.717, 1.165) is 19.3 Å². The molecule has 4 heteroatoms.